The molecule has 4 aromatic rings. The van der Waals surface area contributed by atoms with Crippen LogP contribution >= 0.6 is 0 Å². The number of alkyl halides is 2. The highest BCUT2D eigenvalue weighted by Gasteiger charge is 2.67. The first-order chi connectivity index (χ1) is 24.4. The van der Waals surface area contributed by atoms with Gasteiger partial charge in [-0.1, -0.05) is 12.5 Å². The summed E-state index contributed by atoms with van der Waals surface area (Å²) < 4.78 is 101. The van der Waals surface area contributed by atoms with Crippen molar-refractivity contribution >= 4 is 33.2 Å². The van der Waals surface area contributed by atoms with Crippen LogP contribution in [-0.2, 0) is 0 Å². The summed E-state index contributed by atoms with van der Waals surface area (Å²) >= 11 is 0. The standard InChI is InChI=1S/C36H35F5N6O2/c37-14-19-13-36(35(6-7-35)8-10-46(36)16-19)17-48-34-44-30-24(33(45-34)47-9-2-1-3-22-27(40)31(22)47)15-43-29(28(30)41)23-12-21(42)11-20-4-5-25(39)32(26(20)23)49-18-38/h4-5,11-12,14-15,22,27,31H,1-3,6-10,13,16-18,42H2/b19-14+/t22-,27-,31-,36-/m0/s1/i18D2. The van der Waals surface area contributed by atoms with E-state index in [1.165, 1.54) is 24.4 Å². The Hall–Kier alpha value is -4.26. The second-order valence-corrected chi connectivity index (χ2v) is 14.2. The maximum atomic E-state index is 17.1. The largest absolute Gasteiger partial charge is 0.461 e. The summed E-state index contributed by atoms with van der Waals surface area (Å²) in [5.74, 6) is -2.71. The van der Waals surface area contributed by atoms with Crippen molar-refractivity contribution in [2.45, 2.75) is 62.7 Å². The van der Waals surface area contributed by atoms with Gasteiger partial charge in [-0.2, -0.15) is 9.97 Å². The molecule has 2 saturated carbocycles. The molecule has 49 heavy (non-hydrogen) atoms. The molecule has 256 valence electrons. The SMILES string of the molecule is [2H]C([2H])(F)Oc1c(F)ccc2cc(N)cc(-c3ncc4c(N5CCCC[C@H]6[C@H](F)[C@H]65)nc(OC[C@]56C/C(=C\F)CN5CCC65CC5)nc4c3F)c12. The lowest BCUT2D eigenvalue weighted by Crippen LogP contribution is -2.49. The van der Waals surface area contributed by atoms with E-state index < -0.39 is 41.9 Å². The normalized spacial score (nSPS) is 28.8. The van der Waals surface area contributed by atoms with Gasteiger partial charge in [0.15, 0.2) is 17.4 Å². The Bertz CT molecular complexity index is 2130. The molecule has 5 aliphatic rings. The van der Waals surface area contributed by atoms with E-state index in [-0.39, 0.29) is 68.4 Å². The van der Waals surface area contributed by atoms with Gasteiger partial charge in [0.2, 0.25) is 6.81 Å². The number of nitrogen functional groups attached to an aromatic ring is 1. The van der Waals surface area contributed by atoms with Gasteiger partial charge in [-0.05, 0) is 79.6 Å². The first-order valence-corrected chi connectivity index (χ1v) is 16.7. The second-order valence-electron chi connectivity index (χ2n) is 14.2. The van der Waals surface area contributed by atoms with Gasteiger partial charge in [-0.3, -0.25) is 9.88 Å². The molecule has 4 atom stereocenters. The Morgan fingerprint density at radius 3 is 2.76 bits per heavy atom. The number of anilines is 2. The number of aromatic nitrogens is 3. The van der Waals surface area contributed by atoms with Crippen LogP contribution in [-0.4, -0.2) is 70.7 Å². The smallest absolute Gasteiger partial charge is 0.319 e. The number of halogens is 5. The minimum absolute atomic E-state index is 0.00804. The van der Waals surface area contributed by atoms with Crippen LogP contribution in [0.4, 0.5) is 33.5 Å². The highest BCUT2D eigenvalue weighted by molar-refractivity contribution is 6.04. The van der Waals surface area contributed by atoms with Crippen molar-refractivity contribution in [3.8, 4) is 23.0 Å². The number of rotatable bonds is 7. The molecule has 3 saturated heterocycles. The molecule has 1 spiro atoms. The van der Waals surface area contributed by atoms with Gasteiger partial charge < -0.3 is 20.1 Å². The molecule has 0 amide bonds. The summed E-state index contributed by atoms with van der Waals surface area (Å²) in [6.07, 6.45) is 6.80. The molecular weight excluding hydrogens is 643 g/mol. The first kappa shape index (κ1) is 28.6. The Kier molecular flexibility index (Phi) is 6.49. The van der Waals surface area contributed by atoms with E-state index in [9.17, 15) is 8.78 Å². The third kappa shape index (κ3) is 4.60. The minimum atomic E-state index is -3.76. The van der Waals surface area contributed by atoms with E-state index in [0.717, 1.165) is 51.1 Å². The Labute approximate surface area is 281 Å². The maximum Gasteiger partial charge on any atom is 0.319 e. The summed E-state index contributed by atoms with van der Waals surface area (Å²) in [6, 6.07) is 4.49. The van der Waals surface area contributed by atoms with E-state index in [4.69, 9.17) is 22.9 Å². The van der Waals surface area contributed by atoms with Crippen LogP contribution in [0.3, 0.4) is 0 Å². The minimum Gasteiger partial charge on any atom is -0.461 e. The quantitative estimate of drug-likeness (QED) is 0.162. The lowest BCUT2D eigenvalue weighted by Gasteiger charge is -2.37. The van der Waals surface area contributed by atoms with E-state index >= 15 is 13.2 Å². The number of pyridine rings is 1. The van der Waals surface area contributed by atoms with Crippen LogP contribution in [0, 0.1) is 23.0 Å². The molecule has 3 aliphatic heterocycles. The topological polar surface area (TPSA) is 89.6 Å². The fourth-order valence-electron chi connectivity index (χ4n) is 9.11. The maximum absolute atomic E-state index is 17.1. The van der Waals surface area contributed by atoms with Gasteiger partial charge in [-0.15, -0.1) is 0 Å². The fraction of sp³-hybridized carbons (Fsp3) is 0.472. The third-order valence-electron chi connectivity index (χ3n) is 11.7. The number of nitrogens with two attached hydrogens (primary N) is 1. The second kappa shape index (κ2) is 11.1. The molecule has 0 unspecified atom stereocenters. The zero-order valence-corrected chi connectivity index (χ0v) is 26.5. The van der Waals surface area contributed by atoms with Crippen molar-refractivity contribution in [3.63, 3.8) is 0 Å². The van der Waals surface area contributed by atoms with Crippen LogP contribution in [0.2, 0.25) is 0 Å². The van der Waals surface area contributed by atoms with Crippen LogP contribution in [0.25, 0.3) is 32.9 Å². The van der Waals surface area contributed by atoms with Crippen molar-refractivity contribution in [2.24, 2.45) is 11.3 Å². The highest BCUT2D eigenvalue weighted by Crippen LogP contribution is 2.66. The number of hydrogen-bond acceptors (Lipinski definition) is 8. The number of hydrogen-bond donors (Lipinski definition) is 1. The molecule has 13 heteroatoms. The lowest BCUT2D eigenvalue weighted by atomic mass is 9.80. The predicted molar refractivity (Wildman–Crippen MR) is 174 cm³/mol. The van der Waals surface area contributed by atoms with Crippen LogP contribution < -0.4 is 20.1 Å². The molecule has 2 N–H and O–H groups in total. The van der Waals surface area contributed by atoms with Gasteiger partial charge in [0.05, 0.1) is 23.3 Å². The van der Waals surface area contributed by atoms with E-state index in [1.54, 1.807) is 0 Å². The van der Waals surface area contributed by atoms with Crippen molar-refractivity contribution in [1.29, 1.82) is 0 Å². The predicted octanol–water partition coefficient (Wildman–Crippen LogP) is 7.20. The molecule has 2 aromatic heterocycles. The van der Waals surface area contributed by atoms with Crippen LogP contribution in [0.15, 0.2) is 42.4 Å². The summed E-state index contributed by atoms with van der Waals surface area (Å²) in [7, 11) is 0. The third-order valence-corrected chi connectivity index (χ3v) is 11.7. The zero-order valence-electron chi connectivity index (χ0n) is 28.5. The van der Waals surface area contributed by atoms with Crippen LogP contribution in [0.1, 0.15) is 47.7 Å². The lowest BCUT2D eigenvalue weighted by molar-refractivity contribution is 0.0649. The van der Waals surface area contributed by atoms with Crippen molar-refractivity contribution in [1.82, 2.24) is 19.9 Å². The summed E-state index contributed by atoms with van der Waals surface area (Å²) in [6.45, 7) is -1.81. The molecule has 5 fully saturated rings. The Morgan fingerprint density at radius 1 is 1.10 bits per heavy atom. The van der Waals surface area contributed by atoms with E-state index in [0.29, 0.717) is 31.4 Å². The van der Waals surface area contributed by atoms with Gasteiger partial charge in [-0.25, -0.2) is 22.0 Å². The summed E-state index contributed by atoms with van der Waals surface area (Å²) in [4.78, 5) is 17.8. The average Bonchev–Trinajstić information content (AvgIpc) is 3.96. The molecular formula is C36H35F5N6O2. The summed E-state index contributed by atoms with van der Waals surface area (Å²) in [5.41, 5.74) is 5.94. The van der Waals surface area contributed by atoms with Crippen molar-refractivity contribution < 1.29 is 34.2 Å². The Balaban J connectivity index is 1.20. The summed E-state index contributed by atoms with van der Waals surface area (Å²) in [5, 5.41) is 0.288. The zero-order chi connectivity index (χ0) is 35.4. The molecule has 2 aliphatic carbocycles. The molecule has 9 rings (SSSR count). The first-order valence-electron chi connectivity index (χ1n) is 17.7. The van der Waals surface area contributed by atoms with E-state index in [2.05, 4.69) is 14.9 Å². The van der Waals surface area contributed by atoms with Gasteiger partial charge >= 0.3 is 6.01 Å². The number of nitrogens with zero attached hydrogens (tertiary/aromatic N) is 5. The highest BCUT2D eigenvalue weighted by atomic mass is 19.1. The molecule has 8 nitrogen and oxygen atoms in total. The fourth-order valence-corrected chi connectivity index (χ4v) is 9.11. The number of benzene rings is 2. The van der Waals surface area contributed by atoms with Gasteiger partial charge in [0.1, 0.15) is 32.5 Å². The molecule has 5 heterocycles. The monoisotopic (exact) mass is 680 g/mol. The van der Waals surface area contributed by atoms with Crippen molar-refractivity contribution in [3.05, 3.63) is 54.0 Å². The number of fused-ring (bicyclic) bond motifs is 5. The average molecular weight is 681 g/mol. The Morgan fingerprint density at radius 2 is 1.96 bits per heavy atom. The van der Waals surface area contributed by atoms with Crippen molar-refractivity contribution in [2.75, 3.05) is 43.7 Å². The van der Waals surface area contributed by atoms with E-state index in [1.807, 2.05) is 4.90 Å². The van der Waals surface area contributed by atoms with Gasteiger partial charge in [0, 0.05) is 41.8 Å². The van der Waals surface area contributed by atoms with Crippen LogP contribution in [0.5, 0.6) is 11.8 Å². The van der Waals surface area contributed by atoms with Gasteiger partial charge in [0.25, 0.3) is 0 Å². The molecule has 2 aromatic carbocycles. The molecule has 0 bridgehead atoms. The number of ether oxygens (including phenoxy) is 2. The molecule has 0 radical (unpaired) electrons.